The molecule has 0 atom stereocenters. The van der Waals surface area contributed by atoms with Gasteiger partial charge in [-0.1, -0.05) is 0 Å². The maximum absolute atomic E-state index is 11.8. The van der Waals surface area contributed by atoms with Crippen molar-refractivity contribution in [3.63, 3.8) is 0 Å². The first-order valence-corrected chi connectivity index (χ1v) is 6.76. The smallest absolute Gasteiger partial charge is 0.266 e. The average Bonchev–Trinajstić information content (AvgIpc) is 2.65. The second-order valence-electron chi connectivity index (χ2n) is 3.81. The molecule has 0 radical (unpaired) electrons. The molecule has 0 aliphatic heterocycles. The van der Waals surface area contributed by atoms with Crippen LogP contribution in [0.4, 0.5) is 8.78 Å². The molecular weight excluding hydrogens is 250 g/mol. The largest absolute Gasteiger partial charge is 0.319 e. The van der Waals surface area contributed by atoms with Crippen LogP contribution in [-0.4, -0.2) is 23.7 Å². The van der Waals surface area contributed by atoms with Crippen molar-refractivity contribution in [2.45, 2.75) is 31.5 Å². The van der Waals surface area contributed by atoms with Crippen molar-refractivity contribution in [3.8, 4) is 0 Å². The van der Waals surface area contributed by atoms with E-state index < -0.39 is 15.9 Å². The van der Waals surface area contributed by atoms with Gasteiger partial charge in [-0.15, -0.1) is 0 Å². The standard InChI is InChI=1S/C10H14F2N2O2S/c1-8(2)14-6-5-13-10(14)17(15,16)7-3-4-9(11)12/h4-6,8H,3,7H2,1-2H3. The lowest BCUT2D eigenvalue weighted by Crippen LogP contribution is -2.15. The summed E-state index contributed by atoms with van der Waals surface area (Å²) in [6, 6.07) is -0.0456. The molecule has 1 aromatic heterocycles. The molecule has 1 aromatic rings. The molecule has 1 rings (SSSR count). The van der Waals surface area contributed by atoms with E-state index in [1.807, 2.05) is 13.8 Å². The zero-order chi connectivity index (χ0) is 13.1. The molecule has 96 valence electrons. The van der Waals surface area contributed by atoms with Crippen molar-refractivity contribution >= 4 is 9.84 Å². The SMILES string of the molecule is CC(C)n1ccnc1S(=O)(=O)CCC=C(F)F. The summed E-state index contributed by atoms with van der Waals surface area (Å²) in [5.41, 5.74) is 0. The molecule has 0 bridgehead atoms. The molecule has 0 N–H and O–H groups in total. The maximum atomic E-state index is 11.8. The summed E-state index contributed by atoms with van der Waals surface area (Å²) in [5.74, 6) is -0.367. The van der Waals surface area contributed by atoms with Gasteiger partial charge in [0, 0.05) is 18.4 Å². The minimum atomic E-state index is -3.61. The Morgan fingerprint density at radius 1 is 1.53 bits per heavy atom. The lowest BCUT2D eigenvalue weighted by molar-refractivity contribution is 0.418. The zero-order valence-electron chi connectivity index (χ0n) is 9.60. The van der Waals surface area contributed by atoms with Gasteiger partial charge in [-0.05, 0) is 26.3 Å². The topological polar surface area (TPSA) is 52.0 Å². The number of aromatic nitrogens is 2. The summed E-state index contributed by atoms with van der Waals surface area (Å²) in [5, 5.41) is -0.0693. The quantitative estimate of drug-likeness (QED) is 0.820. The molecule has 0 aliphatic rings. The van der Waals surface area contributed by atoms with Gasteiger partial charge >= 0.3 is 0 Å². The minimum Gasteiger partial charge on any atom is -0.319 e. The lowest BCUT2D eigenvalue weighted by atomic mass is 10.4. The molecule has 0 unspecified atom stereocenters. The van der Waals surface area contributed by atoms with Gasteiger partial charge in [-0.2, -0.15) is 8.78 Å². The molecule has 0 spiro atoms. The number of hydrogen-bond acceptors (Lipinski definition) is 3. The van der Waals surface area contributed by atoms with Gasteiger partial charge in [0.15, 0.2) is 0 Å². The third-order valence-electron chi connectivity index (χ3n) is 2.15. The summed E-state index contributed by atoms with van der Waals surface area (Å²) in [4.78, 5) is 3.77. The first-order valence-electron chi connectivity index (χ1n) is 5.11. The fourth-order valence-corrected chi connectivity index (χ4v) is 2.77. The normalized spacial score (nSPS) is 11.8. The van der Waals surface area contributed by atoms with E-state index in [9.17, 15) is 17.2 Å². The van der Waals surface area contributed by atoms with Gasteiger partial charge in [-0.25, -0.2) is 13.4 Å². The highest BCUT2D eigenvalue weighted by molar-refractivity contribution is 7.91. The van der Waals surface area contributed by atoms with E-state index in [1.165, 1.54) is 10.8 Å². The number of nitrogens with zero attached hydrogens (tertiary/aromatic N) is 2. The second-order valence-corrected chi connectivity index (χ2v) is 5.82. The summed E-state index contributed by atoms with van der Waals surface area (Å²) < 4.78 is 48.8. The Kier molecular flexibility index (Phi) is 4.39. The third-order valence-corrected chi connectivity index (χ3v) is 3.80. The number of allylic oxidation sites excluding steroid dienone is 1. The van der Waals surface area contributed by atoms with Crippen LogP contribution in [0.15, 0.2) is 29.7 Å². The number of imidazole rings is 1. The molecule has 17 heavy (non-hydrogen) atoms. The van der Waals surface area contributed by atoms with Crippen LogP contribution in [0, 0.1) is 0 Å². The number of hydrogen-bond donors (Lipinski definition) is 0. The molecule has 7 heteroatoms. The number of halogens is 2. The molecule has 0 saturated heterocycles. The van der Waals surface area contributed by atoms with Crippen LogP contribution in [0.1, 0.15) is 26.3 Å². The van der Waals surface area contributed by atoms with E-state index in [0.717, 1.165) is 0 Å². The van der Waals surface area contributed by atoms with Crippen LogP contribution in [-0.2, 0) is 9.84 Å². The fourth-order valence-electron chi connectivity index (χ4n) is 1.35. The fraction of sp³-hybridized carbons (Fsp3) is 0.500. The van der Waals surface area contributed by atoms with E-state index in [1.54, 1.807) is 6.20 Å². The Bertz CT molecular complexity index is 502. The lowest BCUT2D eigenvalue weighted by Gasteiger charge is -2.10. The summed E-state index contributed by atoms with van der Waals surface area (Å²) in [6.45, 7) is 3.64. The van der Waals surface area contributed by atoms with Crippen LogP contribution in [0.5, 0.6) is 0 Å². The van der Waals surface area contributed by atoms with E-state index in [2.05, 4.69) is 4.98 Å². The van der Waals surface area contributed by atoms with Gasteiger partial charge in [0.1, 0.15) is 0 Å². The van der Waals surface area contributed by atoms with Gasteiger partial charge in [-0.3, -0.25) is 0 Å². The van der Waals surface area contributed by atoms with Gasteiger partial charge in [0.05, 0.1) is 5.75 Å². The molecule has 0 saturated carbocycles. The van der Waals surface area contributed by atoms with Crippen molar-refractivity contribution in [1.82, 2.24) is 9.55 Å². The van der Waals surface area contributed by atoms with Crippen LogP contribution >= 0.6 is 0 Å². The summed E-state index contributed by atoms with van der Waals surface area (Å²) in [6.07, 6.45) is 1.46. The third kappa shape index (κ3) is 3.62. The monoisotopic (exact) mass is 264 g/mol. The van der Waals surface area contributed by atoms with Crippen molar-refractivity contribution in [2.24, 2.45) is 0 Å². The van der Waals surface area contributed by atoms with Crippen LogP contribution in [0.2, 0.25) is 0 Å². The highest BCUT2D eigenvalue weighted by Crippen LogP contribution is 2.15. The Balaban J connectivity index is 2.90. The van der Waals surface area contributed by atoms with Crippen molar-refractivity contribution < 1.29 is 17.2 Å². The molecule has 0 aromatic carbocycles. The Morgan fingerprint density at radius 2 is 2.18 bits per heavy atom. The highest BCUT2D eigenvalue weighted by atomic mass is 32.2. The van der Waals surface area contributed by atoms with Crippen LogP contribution < -0.4 is 0 Å². The first-order chi connectivity index (χ1) is 7.84. The molecule has 0 fully saturated rings. The number of rotatable bonds is 5. The van der Waals surface area contributed by atoms with Crippen LogP contribution in [0.3, 0.4) is 0 Å². The predicted molar refractivity (Wildman–Crippen MR) is 59.6 cm³/mol. The minimum absolute atomic E-state index is 0.0456. The molecule has 0 amide bonds. The molecular formula is C10H14F2N2O2S. The first kappa shape index (κ1) is 13.8. The average molecular weight is 264 g/mol. The summed E-state index contributed by atoms with van der Waals surface area (Å²) in [7, 11) is -3.61. The van der Waals surface area contributed by atoms with E-state index in [-0.39, 0.29) is 23.4 Å². The van der Waals surface area contributed by atoms with E-state index >= 15 is 0 Å². The zero-order valence-corrected chi connectivity index (χ0v) is 10.4. The highest BCUT2D eigenvalue weighted by Gasteiger charge is 2.21. The number of sulfone groups is 1. The molecule has 4 nitrogen and oxygen atoms in total. The van der Waals surface area contributed by atoms with Gasteiger partial charge < -0.3 is 4.57 Å². The van der Waals surface area contributed by atoms with Gasteiger partial charge in [0.2, 0.25) is 15.0 Å². The van der Waals surface area contributed by atoms with E-state index in [4.69, 9.17) is 0 Å². The van der Waals surface area contributed by atoms with Crippen molar-refractivity contribution in [3.05, 3.63) is 24.6 Å². The maximum Gasteiger partial charge on any atom is 0.266 e. The Labute approximate surface area is 98.9 Å². The molecule has 1 heterocycles. The van der Waals surface area contributed by atoms with Gasteiger partial charge in [0.25, 0.3) is 6.08 Å². The summed E-state index contributed by atoms with van der Waals surface area (Å²) >= 11 is 0. The second kappa shape index (κ2) is 5.39. The predicted octanol–water partition coefficient (Wildman–Crippen LogP) is 2.41. The van der Waals surface area contributed by atoms with Crippen LogP contribution in [0.25, 0.3) is 0 Å². The van der Waals surface area contributed by atoms with Crippen molar-refractivity contribution in [2.75, 3.05) is 5.75 Å². The Morgan fingerprint density at radius 3 is 2.71 bits per heavy atom. The Hall–Kier alpha value is -1.24. The van der Waals surface area contributed by atoms with E-state index in [0.29, 0.717) is 6.08 Å². The van der Waals surface area contributed by atoms with Crippen molar-refractivity contribution in [1.29, 1.82) is 0 Å². The molecule has 0 aliphatic carbocycles.